The normalized spacial score (nSPS) is 10.3. The third kappa shape index (κ3) is 2.63. The molecule has 5 nitrogen and oxygen atoms in total. The Bertz CT molecular complexity index is 667. The van der Waals surface area contributed by atoms with Crippen LogP contribution in [0.25, 0.3) is 5.69 Å². The van der Waals surface area contributed by atoms with Crippen molar-refractivity contribution in [3.8, 4) is 17.2 Å². The van der Waals surface area contributed by atoms with Crippen LogP contribution in [-0.2, 0) is 0 Å². The number of halogens is 1. The monoisotopic (exact) mass is 324 g/mol. The predicted molar refractivity (Wildman–Crippen MR) is 75.4 cm³/mol. The molecule has 0 amide bonds. The summed E-state index contributed by atoms with van der Waals surface area (Å²) < 4.78 is 12.2. The molecule has 0 saturated carbocycles. The Morgan fingerprint density at radius 2 is 1.84 bits per heavy atom. The van der Waals surface area contributed by atoms with Crippen LogP contribution in [0, 0.1) is 6.92 Å². The van der Waals surface area contributed by atoms with E-state index in [-0.39, 0.29) is 5.56 Å². The third-order valence-electron chi connectivity index (χ3n) is 2.60. The molecule has 6 heteroatoms. The first-order valence-corrected chi connectivity index (χ1v) is 6.35. The van der Waals surface area contributed by atoms with Crippen molar-refractivity contribution in [3.63, 3.8) is 0 Å². The van der Waals surface area contributed by atoms with E-state index in [1.807, 2.05) is 6.92 Å². The minimum absolute atomic E-state index is 0.224. The van der Waals surface area contributed by atoms with E-state index in [0.29, 0.717) is 21.7 Å². The summed E-state index contributed by atoms with van der Waals surface area (Å²) in [6.07, 6.45) is 0. The van der Waals surface area contributed by atoms with Gasteiger partial charge in [0.25, 0.3) is 5.56 Å². The van der Waals surface area contributed by atoms with Crippen LogP contribution in [-0.4, -0.2) is 24.0 Å². The molecule has 1 heterocycles. The van der Waals surface area contributed by atoms with E-state index in [2.05, 4.69) is 21.0 Å². The van der Waals surface area contributed by atoms with Crippen LogP contribution in [0.15, 0.2) is 33.5 Å². The Kier molecular flexibility index (Phi) is 3.90. The highest BCUT2D eigenvalue weighted by Crippen LogP contribution is 2.28. The highest BCUT2D eigenvalue weighted by molar-refractivity contribution is 9.10. The molecular weight excluding hydrogens is 312 g/mol. The number of rotatable bonds is 3. The van der Waals surface area contributed by atoms with E-state index >= 15 is 0 Å². The van der Waals surface area contributed by atoms with Crippen LogP contribution in [0.2, 0.25) is 0 Å². The smallest absolute Gasteiger partial charge is 0.285 e. The minimum atomic E-state index is -0.224. The van der Waals surface area contributed by atoms with Gasteiger partial charge in [-0.05, 0) is 41.1 Å². The SMILES string of the molecule is COc1ccc(-n2nc(C)cc(Br)c2=O)cc1OC. The van der Waals surface area contributed by atoms with Crippen molar-refractivity contribution < 1.29 is 9.47 Å². The zero-order valence-corrected chi connectivity index (χ0v) is 12.4. The van der Waals surface area contributed by atoms with Crippen LogP contribution in [0.5, 0.6) is 11.5 Å². The fraction of sp³-hybridized carbons (Fsp3) is 0.231. The Balaban J connectivity index is 2.63. The molecule has 0 aliphatic rings. The van der Waals surface area contributed by atoms with Crippen LogP contribution in [0.4, 0.5) is 0 Å². The first-order chi connectivity index (χ1) is 9.06. The van der Waals surface area contributed by atoms with Crippen LogP contribution in [0.3, 0.4) is 0 Å². The fourth-order valence-electron chi connectivity index (χ4n) is 1.71. The molecule has 0 radical (unpaired) electrons. The molecule has 0 aliphatic carbocycles. The Labute approximate surface area is 118 Å². The summed E-state index contributed by atoms with van der Waals surface area (Å²) in [5.41, 5.74) is 1.13. The summed E-state index contributed by atoms with van der Waals surface area (Å²) in [5, 5.41) is 4.21. The first kappa shape index (κ1) is 13.6. The maximum Gasteiger partial charge on any atom is 0.285 e. The zero-order valence-electron chi connectivity index (χ0n) is 10.8. The lowest BCUT2D eigenvalue weighted by Gasteiger charge is -2.11. The van der Waals surface area contributed by atoms with Gasteiger partial charge in [0.1, 0.15) is 0 Å². The van der Waals surface area contributed by atoms with Crippen molar-refractivity contribution in [2.75, 3.05) is 14.2 Å². The number of nitrogens with zero attached hydrogens (tertiary/aromatic N) is 2. The third-order valence-corrected chi connectivity index (χ3v) is 3.17. The van der Waals surface area contributed by atoms with Crippen molar-refractivity contribution in [3.05, 3.63) is 44.8 Å². The topological polar surface area (TPSA) is 53.4 Å². The van der Waals surface area contributed by atoms with Gasteiger partial charge in [-0.25, -0.2) is 0 Å². The van der Waals surface area contributed by atoms with Crippen molar-refractivity contribution in [1.29, 1.82) is 0 Å². The summed E-state index contributed by atoms with van der Waals surface area (Å²) in [5.74, 6) is 1.15. The van der Waals surface area contributed by atoms with Gasteiger partial charge in [-0.3, -0.25) is 4.79 Å². The number of ether oxygens (including phenoxy) is 2. The van der Waals surface area contributed by atoms with Crippen molar-refractivity contribution in [1.82, 2.24) is 9.78 Å². The molecule has 0 aliphatic heterocycles. The van der Waals surface area contributed by atoms with E-state index in [1.165, 1.54) is 4.68 Å². The molecular formula is C13H13BrN2O3. The van der Waals surface area contributed by atoms with Crippen LogP contribution < -0.4 is 15.0 Å². The fourth-order valence-corrected chi connectivity index (χ4v) is 2.21. The molecule has 0 bridgehead atoms. The lowest BCUT2D eigenvalue weighted by molar-refractivity contribution is 0.354. The van der Waals surface area contributed by atoms with Crippen molar-refractivity contribution >= 4 is 15.9 Å². The summed E-state index contributed by atoms with van der Waals surface area (Å²) in [7, 11) is 3.11. The molecule has 0 N–H and O–H groups in total. The largest absolute Gasteiger partial charge is 0.493 e. The average Bonchev–Trinajstić information content (AvgIpc) is 2.42. The predicted octanol–water partition coefficient (Wildman–Crippen LogP) is 2.32. The molecule has 1 aromatic heterocycles. The summed E-state index contributed by atoms with van der Waals surface area (Å²) in [6.45, 7) is 1.82. The highest BCUT2D eigenvalue weighted by atomic mass is 79.9. The molecule has 0 saturated heterocycles. The second-order valence-corrected chi connectivity index (χ2v) is 4.74. The molecule has 0 fully saturated rings. The number of benzene rings is 1. The molecule has 2 rings (SSSR count). The molecule has 0 spiro atoms. The van der Waals surface area contributed by atoms with E-state index in [4.69, 9.17) is 9.47 Å². The van der Waals surface area contributed by atoms with Gasteiger partial charge in [-0.2, -0.15) is 9.78 Å². The van der Waals surface area contributed by atoms with Gasteiger partial charge in [-0.1, -0.05) is 0 Å². The zero-order chi connectivity index (χ0) is 14.0. The standard InChI is InChI=1S/C13H13BrN2O3/c1-8-6-10(14)13(17)16(15-8)9-4-5-11(18-2)12(7-9)19-3/h4-7H,1-3H3. The van der Waals surface area contributed by atoms with Crippen molar-refractivity contribution in [2.45, 2.75) is 6.92 Å². The van der Waals surface area contributed by atoms with Gasteiger partial charge >= 0.3 is 0 Å². The first-order valence-electron chi connectivity index (χ1n) is 5.55. The molecule has 0 unspecified atom stereocenters. The maximum absolute atomic E-state index is 12.1. The Morgan fingerprint density at radius 1 is 1.16 bits per heavy atom. The summed E-state index contributed by atoms with van der Waals surface area (Å²) in [6, 6.07) is 6.87. The number of hydrogen-bond donors (Lipinski definition) is 0. The van der Waals surface area contributed by atoms with Crippen LogP contribution >= 0.6 is 15.9 Å². The Morgan fingerprint density at radius 3 is 2.47 bits per heavy atom. The minimum Gasteiger partial charge on any atom is -0.493 e. The summed E-state index contributed by atoms with van der Waals surface area (Å²) >= 11 is 3.23. The number of aromatic nitrogens is 2. The lowest BCUT2D eigenvalue weighted by Crippen LogP contribution is -2.22. The van der Waals surface area contributed by atoms with Gasteiger partial charge in [-0.15, -0.1) is 0 Å². The van der Waals surface area contributed by atoms with Gasteiger partial charge in [0, 0.05) is 6.07 Å². The quantitative estimate of drug-likeness (QED) is 0.869. The van der Waals surface area contributed by atoms with Gasteiger partial charge in [0.05, 0.1) is 30.1 Å². The van der Waals surface area contributed by atoms with Gasteiger partial charge in [0.2, 0.25) is 0 Å². The number of hydrogen-bond acceptors (Lipinski definition) is 4. The van der Waals surface area contributed by atoms with Gasteiger partial charge < -0.3 is 9.47 Å². The number of aryl methyl sites for hydroxylation is 1. The van der Waals surface area contributed by atoms with E-state index in [0.717, 1.165) is 5.69 Å². The lowest BCUT2D eigenvalue weighted by atomic mass is 10.2. The van der Waals surface area contributed by atoms with E-state index < -0.39 is 0 Å². The van der Waals surface area contributed by atoms with Crippen molar-refractivity contribution in [2.24, 2.45) is 0 Å². The molecule has 19 heavy (non-hydrogen) atoms. The average molecular weight is 325 g/mol. The highest BCUT2D eigenvalue weighted by Gasteiger charge is 2.10. The molecule has 1 aromatic carbocycles. The van der Waals surface area contributed by atoms with Crippen LogP contribution in [0.1, 0.15) is 5.69 Å². The van der Waals surface area contributed by atoms with E-state index in [9.17, 15) is 4.79 Å². The maximum atomic E-state index is 12.1. The summed E-state index contributed by atoms with van der Waals surface area (Å²) in [4.78, 5) is 12.1. The molecule has 100 valence electrons. The van der Waals surface area contributed by atoms with E-state index in [1.54, 1.807) is 38.5 Å². The molecule has 2 aromatic rings. The second kappa shape index (κ2) is 5.44. The van der Waals surface area contributed by atoms with Gasteiger partial charge in [0.15, 0.2) is 11.5 Å². The molecule has 0 atom stereocenters. The number of methoxy groups -OCH3 is 2. The second-order valence-electron chi connectivity index (χ2n) is 3.89. The Hall–Kier alpha value is -1.82.